The van der Waals surface area contributed by atoms with Gasteiger partial charge in [-0.2, -0.15) is 0 Å². The van der Waals surface area contributed by atoms with Crippen LogP contribution >= 0.6 is 0 Å². The summed E-state index contributed by atoms with van der Waals surface area (Å²) in [5.74, 6) is 0.344. The van der Waals surface area contributed by atoms with E-state index >= 15 is 0 Å². The van der Waals surface area contributed by atoms with Gasteiger partial charge < -0.3 is 20.6 Å². The first-order valence-corrected chi connectivity index (χ1v) is 8.41. The molecule has 2 atom stereocenters. The van der Waals surface area contributed by atoms with E-state index in [1.165, 1.54) is 13.0 Å². The second kappa shape index (κ2) is 8.53. The summed E-state index contributed by atoms with van der Waals surface area (Å²) in [6.45, 7) is 3.49. The molecular weight excluding hydrogens is 318 g/mol. The maximum Gasteiger partial charge on any atom is 0.221 e. The van der Waals surface area contributed by atoms with E-state index in [-0.39, 0.29) is 17.4 Å². The lowest BCUT2D eigenvalue weighted by Crippen LogP contribution is -2.08. The molecule has 0 saturated carbocycles. The van der Waals surface area contributed by atoms with Crippen LogP contribution in [-0.4, -0.2) is 21.2 Å². The number of carbonyl (C=O) groups excluding carboxylic acids is 1. The quantitative estimate of drug-likeness (QED) is 0.576. The number of phenols is 2. The Morgan fingerprint density at radius 2 is 1.76 bits per heavy atom. The van der Waals surface area contributed by atoms with Crippen LogP contribution in [0.15, 0.2) is 42.5 Å². The zero-order chi connectivity index (χ0) is 18.4. The minimum absolute atomic E-state index is 0.0214. The minimum Gasteiger partial charge on any atom is -0.508 e. The highest BCUT2D eigenvalue weighted by Crippen LogP contribution is 2.30. The van der Waals surface area contributed by atoms with Crippen LogP contribution in [0.5, 0.6) is 11.5 Å². The van der Waals surface area contributed by atoms with Crippen LogP contribution in [0, 0.1) is 5.92 Å². The number of aromatic hydroxyl groups is 2. The van der Waals surface area contributed by atoms with E-state index in [0.29, 0.717) is 23.6 Å². The van der Waals surface area contributed by atoms with Crippen LogP contribution in [0.25, 0.3) is 0 Å². The highest BCUT2D eigenvalue weighted by Gasteiger charge is 2.13. The molecule has 0 aliphatic rings. The fourth-order valence-electron chi connectivity index (χ4n) is 2.80. The first-order valence-electron chi connectivity index (χ1n) is 8.41. The van der Waals surface area contributed by atoms with Crippen molar-refractivity contribution in [3.63, 3.8) is 0 Å². The van der Waals surface area contributed by atoms with Crippen molar-refractivity contribution in [2.24, 2.45) is 5.92 Å². The number of phenolic OH excluding ortho intramolecular Hbond substituents is 2. The molecule has 2 aromatic carbocycles. The number of nitrogens with one attached hydrogen (secondary N) is 1. The second-order valence-corrected chi connectivity index (χ2v) is 6.53. The zero-order valence-corrected chi connectivity index (χ0v) is 14.6. The van der Waals surface area contributed by atoms with Gasteiger partial charge in [0.25, 0.3) is 0 Å². The average molecular weight is 343 g/mol. The van der Waals surface area contributed by atoms with Crippen molar-refractivity contribution >= 4 is 11.6 Å². The van der Waals surface area contributed by atoms with Crippen molar-refractivity contribution in [3.8, 4) is 11.5 Å². The van der Waals surface area contributed by atoms with Crippen molar-refractivity contribution in [1.82, 2.24) is 0 Å². The van der Waals surface area contributed by atoms with Crippen LogP contribution in [0.4, 0.5) is 5.69 Å². The SMILES string of the molecule is CC(=O)Nc1cc([C@H](O)CC[C@H](C)Cc2ccc(O)cc2)ccc1O. The van der Waals surface area contributed by atoms with E-state index < -0.39 is 6.10 Å². The number of anilines is 1. The number of aliphatic hydroxyl groups excluding tert-OH is 1. The van der Waals surface area contributed by atoms with Crippen LogP contribution in [0.1, 0.15) is 43.9 Å². The molecule has 0 heterocycles. The molecule has 134 valence electrons. The van der Waals surface area contributed by atoms with Crippen LogP contribution in [-0.2, 0) is 11.2 Å². The zero-order valence-electron chi connectivity index (χ0n) is 14.6. The van der Waals surface area contributed by atoms with Gasteiger partial charge in [-0.1, -0.05) is 25.1 Å². The number of hydrogen-bond donors (Lipinski definition) is 4. The summed E-state index contributed by atoms with van der Waals surface area (Å²) in [6.07, 6.45) is 1.64. The summed E-state index contributed by atoms with van der Waals surface area (Å²) in [5, 5.41) is 32.0. The Labute approximate surface area is 148 Å². The molecule has 0 fully saturated rings. The van der Waals surface area contributed by atoms with Crippen LogP contribution in [0.2, 0.25) is 0 Å². The van der Waals surface area contributed by atoms with E-state index in [9.17, 15) is 20.1 Å². The molecule has 0 aliphatic carbocycles. The molecule has 0 unspecified atom stereocenters. The van der Waals surface area contributed by atoms with E-state index in [0.717, 1.165) is 18.4 Å². The molecule has 4 N–H and O–H groups in total. The van der Waals surface area contributed by atoms with E-state index in [1.807, 2.05) is 12.1 Å². The van der Waals surface area contributed by atoms with Gasteiger partial charge in [-0.05, 0) is 60.6 Å². The van der Waals surface area contributed by atoms with E-state index in [1.54, 1.807) is 24.3 Å². The summed E-state index contributed by atoms with van der Waals surface area (Å²) in [6, 6.07) is 11.9. The van der Waals surface area contributed by atoms with Crippen LogP contribution in [0.3, 0.4) is 0 Å². The van der Waals surface area contributed by atoms with Gasteiger partial charge in [0.2, 0.25) is 5.91 Å². The average Bonchev–Trinajstić information content (AvgIpc) is 2.56. The number of hydrogen-bond acceptors (Lipinski definition) is 4. The Balaban J connectivity index is 1.91. The fraction of sp³-hybridized carbons (Fsp3) is 0.350. The Hall–Kier alpha value is -2.53. The molecule has 5 heteroatoms. The summed E-state index contributed by atoms with van der Waals surface area (Å²) >= 11 is 0. The number of rotatable bonds is 7. The van der Waals surface area contributed by atoms with Gasteiger partial charge in [0.05, 0.1) is 11.8 Å². The highest BCUT2D eigenvalue weighted by atomic mass is 16.3. The smallest absolute Gasteiger partial charge is 0.221 e. The Bertz CT molecular complexity index is 712. The van der Waals surface area contributed by atoms with Crippen molar-refractivity contribution < 1.29 is 20.1 Å². The Morgan fingerprint density at radius 1 is 1.08 bits per heavy atom. The van der Waals surface area contributed by atoms with Gasteiger partial charge in [0, 0.05) is 6.92 Å². The summed E-state index contributed by atoms with van der Waals surface area (Å²) in [7, 11) is 0. The Morgan fingerprint density at radius 3 is 2.40 bits per heavy atom. The summed E-state index contributed by atoms with van der Waals surface area (Å²) < 4.78 is 0. The first kappa shape index (κ1) is 18.8. The van der Waals surface area contributed by atoms with Gasteiger partial charge in [0.1, 0.15) is 11.5 Å². The molecule has 0 bridgehead atoms. The molecule has 0 radical (unpaired) electrons. The molecule has 1 amide bonds. The summed E-state index contributed by atoms with van der Waals surface area (Å²) in [5.41, 5.74) is 2.12. The molecule has 0 aliphatic heterocycles. The predicted molar refractivity (Wildman–Crippen MR) is 97.6 cm³/mol. The maximum atomic E-state index is 11.2. The molecule has 2 aromatic rings. The lowest BCUT2D eigenvalue weighted by Gasteiger charge is -2.16. The largest absolute Gasteiger partial charge is 0.508 e. The van der Waals surface area contributed by atoms with E-state index in [4.69, 9.17) is 0 Å². The molecule has 5 nitrogen and oxygen atoms in total. The maximum absolute atomic E-state index is 11.2. The minimum atomic E-state index is -0.657. The predicted octanol–water partition coefficient (Wildman–Crippen LogP) is 3.75. The third-order valence-corrected chi connectivity index (χ3v) is 4.17. The van der Waals surface area contributed by atoms with Gasteiger partial charge in [0.15, 0.2) is 0 Å². The third kappa shape index (κ3) is 5.80. The van der Waals surface area contributed by atoms with Gasteiger partial charge in [-0.25, -0.2) is 0 Å². The topological polar surface area (TPSA) is 89.8 Å². The highest BCUT2D eigenvalue weighted by molar-refractivity contribution is 5.90. The van der Waals surface area contributed by atoms with Gasteiger partial charge >= 0.3 is 0 Å². The van der Waals surface area contributed by atoms with Crippen molar-refractivity contribution in [1.29, 1.82) is 0 Å². The number of benzene rings is 2. The first-order chi connectivity index (χ1) is 11.8. The normalized spacial score (nSPS) is 13.2. The number of carbonyl (C=O) groups is 1. The molecule has 0 spiro atoms. The van der Waals surface area contributed by atoms with E-state index in [2.05, 4.69) is 12.2 Å². The molecule has 0 saturated heterocycles. The van der Waals surface area contributed by atoms with Gasteiger partial charge in [-0.15, -0.1) is 0 Å². The second-order valence-electron chi connectivity index (χ2n) is 6.53. The molecular formula is C20H25NO4. The lowest BCUT2D eigenvalue weighted by molar-refractivity contribution is -0.114. The molecule has 0 aromatic heterocycles. The monoisotopic (exact) mass is 343 g/mol. The van der Waals surface area contributed by atoms with Crippen molar-refractivity contribution in [2.45, 2.75) is 39.2 Å². The lowest BCUT2D eigenvalue weighted by atomic mass is 9.93. The standard InChI is InChI=1S/C20H25NO4/c1-13(11-15-4-7-17(23)8-5-15)3-9-19(24)16-6-10-20(25)18(12-16)21-14(2)22/h4-8,10,12-13,19,23-25H,3,9,11H2,1-2H3,(H,21,22)/t13-,19+/m0/s1. The van der Waals surface area contributed by atoms with Gasteiger partial charge in [-0.3, -0.25) is 4.79 Å². The van der Waals surface area contributed by atoms with Crippen molar-refractivity contribution in [2.75, 3.05) is 5.32 Å². The Kier molecular flexibility index (Phi) is 6.42. The summed E-state index contributed by atoms with van der Waals surface area (Å²) in [4.78, 5) is 11.2. The number of amides is 1. The number of aliphatic hydroxyl groups is 1. The molecule has 25 heavy (non-hydrogen) atoms. The fourth-order valence-corrected chi connectivity index (χ4v) is 2.80. The van der Waals surface area contributed by atoms with Crippen molar-refractivity contribution in [3.05, 3.63) is 53.6 Å². The third-order valence-electron chi connectivity index (χ3n) is 4.17. The molecule has 2 rings (SSSR count). The van der Waals surface area contributed by atoms with Crippen LogP contribution < -0.4 is 5.32 Å².